The Balaban J connectivity index is 0.00000225. The third-order valence-electron chi connectivity index (χ3n) is 3.40. The summed E-state index contributed by atoms with van der Waals surface area (Å²) >= 11 is 3.32. The van der Waals surface area contributed by atoms with Gasteiger partial charge in [-0.25, -0.2) is 0 Å². The van der Waals surface area contributed by atoms with Crippen LogP contribution < -0.4 is 5.73 Å². The average molecular weight is 430 g/mol. The first-order chi connectivity index (χ1) is 11.4. The molecule has 0 aliphatic carbocycles. The molecule has 0 unspecified atom stereocenters. The first kappa shape index (κ1) is 20.0. The fourth-order valence-electron chi connectivity index (χ4n) is 2.27. The number of hydrogen-bond acceptors (Lipinski definition) is 5. The molecule has 3 aromatic carbocycles. The minimum atomic E-state index is -4.42. The van der Waals surface area contributed by atoms with Crippen molar-refractivity contribution in [2.75, 3.05) is 5.73 Å². The zero-order chi connectivity index (χ0) is 17.3. The van der Waals surface area contributed by atoms with Crippen LogP contribution in [0.25, 0.3) is 10.8 Å². The summed E-state index contributed by atoms with van der Waals surface area (Å²) in [5.74, 6) is 0. The molecule has 0 aliphatic heterocycles. The second kappa shape index (κ2) is 7.94. The van der Waals surface area contributed by atoms with Crippen molar-refractivity contribution >= 4 is 83.4 Å². The predicted octanol–water partition coefficient (Wildman–Crippen LogP) is 4.20. The van der Waals surface area contributed by atoms with E-state index in [1.807, 2.05) is 12.1 Å². The molecular weight excluding hydrogens is 417 g/mol. The van der Waals surface area contributed by atoms with Crippen LogP contribution in [0.4, 0.5) is 17.1 Å². The SMILES string of the molecule is Nc1c(N=Nc2ccc(Br)cc2)cc(S(=O)(=O)O)c2ccccc12.[NaH]. The summed E-state index contributed by atoms with van der Waals surface area (Å²) < 4.78 is 33.7. The number of anilines is 1. The molecule has 0 atom stereocenters. The van der Waals surface area contributed by atoms with Gasteiger partial charge in [0.25, 0.3) is 10.1 Å². The molecule has 0 saturated heterocycles. The van der Waals surface area contributed by atoms with E-state index in [4.69, 9.17) is 5.73 Å². The summed E-state index contributed by atoms with van der Waals surface area (Å²) in [5, 5.41) is 8.91. The number of hydrogen-bond donors (Lipinski definition) is 2. The first-order valence-corrected chi connectivity index (χ1v) is 9.05. The number of fused-ring (bicyclic) bond motifs is 1. The van der Waals surface area contributed by atoms with Crippen molar-refractivity contribution < 1.29 is 13.0 Å². The minimum absolute atomic E-state index is 0. The van der Waals surface area contributed by atoms with Crippen LogP contribution in [-0.4, -0.2) is 42.5 Å². The average Bonchev–Trinajstić information content (AvgIpc) is 2.55. The van der Waals surface area contributed by atoms with Crippen molar-refractivity contribution in [3.8, 4) is 0 Å². The number of nitrogens with two attached hydrogens (primary N) is 1. The van der Waals surface area contributed by atoms with E-state index in [2.05, 4.69) is 26.2 Å². The van der Waals surface area contributed by atoms with E-state index in [-0.39, 0.29) is 40.1 Å². The molecule has 0 aromatic heterocycles. The van der Waals surface area contributed by atoms with E-state index in [0.717, 1.165) is 4.47 Å². The van der Waals surface area contributed by atoms with Crippen LogP contribution in [0.2, 0.25) is 0 Å². The molecule has 0 radical (unpaired) electrons. The Hall–Kier alpha value is -1.29. The molecule has 0 aliphatic rings. The topological polar surface area (TPSA) is 105 Å². The molecule has 0 heterocycles. The Bertz CT molecular complexity index is 1050. The van der Waals surface area contributed by atoms with E-state index in [0.29, 0.717) is 22.1 Å². The van der Waals surface area contributed by atoms with E-state index in [1.54, 1.807) is 36.4 Å². The number of benzene rings is 3. The Morgan fingerprint density at radius 3 is 2.16 bits per heavy atom. The van der Waals surface area contributed by atoms with Crippen molar-refractivity contribution in [2.45, 2.75) is 4.90 Å². The second-order valence-electron chi connectivity index (χ2n) is 5.00. The number of nitrogen functional groups attached to an aromatic ring is 1. The Kier molecular flexibility index (Phi) is 6.36. The molecule has 25 heavy (non-hydrogen) atoms. The van der Waals surface area contributed by atoms with Crippen LogP contribution in [0.15, 0.2) is 74.2 Å². The summed E-state index contributed by atoms with van der Waals surface area (Å²) in [4.78, 5) is -0.253. The van der Waals surface area contributed by atoms with Gasteiger partial charge in [-0.15, -0.1) is 5.11 Å². The van der Waals surface area contributed by atoms with Gasteiger partial charge in [0.15, 0.2) is 0 Å². The fourth-order valence-corrected chi connectivity index (χ4v) is 3.25. The number of nitrogens with zero attached hydrogens (tertiary/aromatic N) is 2. The van der Waals surface area contributed by atoms with E-state index < -0.39 is 10.1 Å². The predicted molar refractivity (Wildman–Crippen MR) is 104 cm³/mol. The zero-order valence-corrected chi connectivity index (χ0v) is 14.6. The van der Waals surface area contributed by atoms with Crippen LogP contribution in [0, 0.1) is 0 Å². The molecular formula is C16H13BrN3NaO3S. The van der Waals surface area contributed by atoms with Gasteiger partial charge < -0.3 is 5.73 Å². The summed E-state index contributed by atoms with van der Waals surface area (Å²) in [5.41, 5.74) is 7.13. The number of azo groups is 1. The quantitative estimate of drug-likeness (QED) is 0.281. The van der Waals surface area contributed by atoms with Gasteiger partial charge in [0.2, 0.25) is 0 Å². The zero-order valence-electron chi connectivity index (χ0n) is 12.2. The summed E-state index contributed by atoms with van der Waals surface area (Å²) in [6.45, 7) is 0. The summed E-state index contributed by atoms with van der Waals surface area (Å²) in [7, 11) is -4.42. The van der Waals surface area contributed by atoms with Crippen LogP contribution >= 0.6 is 15.9 Å². The number of rotatable bonds is 3. The van der Waals surface area contributed by atoms with Crippen molar-refractivity contribution in [1.82, 2.24) is 0 Å². The van der Waals surface area contributed by atoms with Crippen molar-refractivity contribution in [2.24, 2.45) is 10.2 Å². The van der Waals surface area contributed by atoms with Gasteiger partial charge >= 0.3 is 29.6 Å². The van der Waals surface area contributed by atoms with Gasteiger partial charge in [0, 0.05) is 15.2 Å². The standard InChI is InChI=1S/C16H12BrN3O3S.Na.H/c17-10-5-7-11(8-6-10)19-20-14-9-15(24(21,22)23)12-3-1-2-4-13(12)16(14)18;;/h1-9H,18H2,(H,21,22,23);;. The van der Waals surface area contributed by atoms with E-state index >= 15 is 0 Å². The molecule has 3 N–H and O–H groups in total. The molecule has 0 bridgehead atoms. The molecule has 124 valence electrons. The third kappa shape index (κ3) is 4.46. The van der Waals surface area contributed by atoms with Crippen molar-refractivity contribution in [1.29, 1.82) is 0 Å². The van der Waals surface area contributed by atoms with Crippen molar-refractivity contribution in [3.05, 3.63) is 59.1 Å². The Labute approximate surface area is 175 Å². The second-order valence-corrected chi connectivity index (χ2v) is 7.31. The summed E-state index contributed by atoms with van der Waals surface area (Å²) in [6.07, 6.45) is 0. The van der Waals surface area contributed by atoms with Gasteiger partial charge in [-0.3, -0.25) is 4.55 Å². The first-order valence-electron chi connectivity index (χ1n) is 6.82. The molecule has 3 rings (SSSR count). The van der Waals surface area contributed by atoms with Gasteiger partial charge in [-0.1, -0.05) is 40.2 Å². The van der Waals surface area contributed by atoms with Gasteiger partial charge in [-0.05, 0) is 30.3 Å². The molecule has 0 saturated carbocycles. The van der Waals surface area contributed by atoms with Crippen LogP contribution in [0.3, 0.4) is 0 Å². The fraction of sp³-hybridized carbons (Fsp3) is 0. The third-order valence-corrected chi connectivity index (χ3v) is 4.83. The molecule has 0 spiro atoms. The molecule has 0 fully saturated rings. The van der Waals surface area contributed by atoms with Crippen LogP contribution in [0.5, 0.6) is 0 Å². The van der Waals surface area contributed by atoms with Crippen LogP contribution in [-0.2, 0) is 10.1 Å². The summed E-state index contributed by atoms with van der Waals surface area (Å²) in [6, 6.07) is 15.0. The van der Waals surface area contributed by atoms with Gasteiger partial charge in [0.1, 0.15) is 10.6 Å². The van der Waals surface area contributed by atoms with Gasteiger partial charge in [0.05, 0.1) is 11.4 Å². The number of halogens is 1. The normalized spacial score (nSPS) is 11.6. The monoisotopic (exact) mass is 429 g/mol. The molecule has 9 heteroatoms. The molecule has 3 aromatic rings. The van der Waals surface area contributed by atoms with E-state index in [1.165, 1.54) is 6.07 Å². The van der Waals surface area contributed by atoms with E-state index in [9.17, 15) is 13.0 Å². The Morgan fingerprint density at radius 1 is 0.960 bits per heavy atom. The molecule has 0 amide bonds. The maximum atomic E-state index is 11.7. The van der Waals surface area contributed by atoms with Gasteiger partial charge in [-0.2, -0.15) is 13.5 Å². The van der Waals surface area contributed by atoms with Crippen LogP contribution in [0.1, 0.15) is 0 Å². The maximum absolute atomic E-state index is 11.7. The Morgan fingerprint density at radius 2 is 1.56 bits per heavy atom. The van der Waals surface area contributed by atoms with Crippen molar-refractivity contribution in [3.63, 3.8) is 0 Å². The molecule has 6 nitrogen and oxygen atoms in total.